The molecule has 0 spiro atoms. The Morgan fingerprint density at radius 1 is 1.41 bits per heavy atom. The second kappa shape index (κ2) is 7.03. The molecule has 0 unspecified atom stereocenters. The first-order valence-corrected chi connectivity index (χ1v) is 7.94. The van der Waals surface area contributed by atoms with Crippen LogP contribution in [0.5, 0.6) is 5.75 Å². The van der Waals surface area contributed by atoms with Crippen molar-refractivity contribution < 1.29 is 23.4 Å². The van der Waals surface area contributed by atoms with Crippen molar-refractivity contribution in [3.63, 3.8) is 0 Å². The van der Waals surface area contributed by atoms with Crippen LogP contribution in [0.1, 0.15) is 12.0 Å². The van der Waals surface area contributed by atoms with Crippen LogP contribution < -0.4 is 10.5 Å². The van der Waals surface area contributed by atoms with E-state index in [1.807, 2.05) is 6.07 Å². The first-order chi connectivity index (χ1) is 12.8. The molecule has 1 atom stereocenters. The Bertz CT molecular complexity index is 916. The van der Waals surface area contributed by atoms with Gasteiger partial charge in [0.15, 0.2) is 6.10 Å². The molecule has 27 heavy (non-hydrogen) atoms. The number of benzene rings is 1. The third-order valence-corrected chi connectivity index (χ3v) is 4.16. The molecule has 1 amide bonds. The molecule has 0 saturated carbocycles. The SMILES string of the molecule is N#Cc1cc(-c2cc(N)ncn2)ccc1O[C@H]1CCN(C(=O)O)CC1(F)F. The standard InChI is InChI=1S/C17H15F2N5O3/c18-17(19)8-24(16(25)26)4-3-14(17)27-13-2-1-10(5-11(13)7-20)12-6-15(21)23-9-22-12/h1-2,5-6,9,14H,3-4,8H2,(H,25,26)(H2,21,22,23)/t14-/m0/s1. The van der Waals surface area contributed by atoms with E-state index < -0.39 is 24.7 Å². The van der Waals surface area contributed by atoms with Gasteiger partial charge < -0.3 is 20.5 Å². The van der Waals surface area contributed by atoms with Crippen LogP contribution in [-0.4, -0.2) is 51.2 Å². The molecule has 3 N–H and O–H groups in total. The molecule has 1 saturated heterocycles. The quantitative estimate of drug-likeness (QED) is 0.843. The number of rotatable bonds is 3. The van der Waals surface area contributed by atoms with Gasteiger partial charge in [-0.1, -0.05) is 0 Å². The van der Waals surface area contributed by atoms with Crippen LogP contribution >= 0.6 is 0 Å². The van der Waals surface area contributed by atoms with Gasteiger partial charge in [-0.2, -0.15) is 5.26 Å². The van der Waals surface area contributed by atoms with Gasteiger partial charge in [-0.05, 0) is 18.2 Å². The average molecular weight is 375 g/mol. The van der Waals surface area contributed by atoms with Crippen LogP contribution in [0, 0.1) is 11.3 Å². The van der Waals surface area contributed by atoms with Gasteiger partial charge in [0.25, 0.3) is 0 Å². The fourth-order valence-corrected chi connectivity index (χ4v) is 2.79. The van der Waals surface area contributed by atoms with Crippen LogP contribution in [0.15, 0.2) is 30.6 Å². The summed E-state index contributed by atoms with van der Waals surface area (Å²) in [6, 6.07) is 7.88. The summed E-state index contributed by atoms with van der Waals surface area (Å²) in [7, 11) is 0. The first kappa shape index (κ1) is 18.3. The Morgan fingerprint density at radius 2 is 2.19 bits per heavy atom. The fourth-order valence-electron chi connectivity index (χ4n) is 2.79. The van der Waals surface area contributed by atoms with E-state index >= 15 is 0 Å². The number of hydrogen-bond acceptors (Lipinski definition) is 6. The number of carboxylic acid groups (broad SMARTS) is 1. The minimum Gasteiger partial charge on any atom is -0.483 e. The Hall–Kier alpha value is -3.48. The number of piperidine rings is 1. The third-order valence-electron chi connectivity index (χ3n) is 4.16. The molecule has 1 aliphatic heterocycles. The highest BCUT2D eigenvalue weighted by molar-refractivity contribution is 5.66. The summed E-state index contributed by atoms with van der Waals surface area (Å²) < 4.78 is 33.9. The minimum absolute atomic E-state index is 0.00303. The largest absolute Gasteiger partial charge is 0.483 e. The van der Waals surface area contributed by atoms with E-state index in [0.29, 0.717) is 16.2 Å². The summed E-state index contributed by atoms with van der Waals surface area (Å²) in [4.78, 5) is 19.4. The number of ether oxygens (including phenoxy) is 1. The summed E-state index contributed by atoms with van der Waals surface area (Å²) in [5, 5.41) is 18.2. The van der Waals surface area contributed by atoms with Crippen molar-refractivity contribution in [2.24, 2.45) is 0 Å². The van der Waals surface area contributed by atoms with E-state index in [4.69, 9.17) is 15.6 Å². The van der Waals surface area contributed by atoms with Crippen LogP contribution in [0.25, 0.3) is 11.3 Å². The van der Waals surface area contributed by atoms with Gasteiger partial charge in [0.1, 0.15) is 24.0 Å². The Labute approximate surface area is 152 Å². The highest BCUT2D eigenvalue weighted by atomic mass is 19.3. The zero-order valence-corrected chi connectivity index (χ0v) is 14.0. The molecule has 10 heteroatoms. The molecule has 140 valence electrons. The number of likely N-dealkylation sites (tertiary alicyclic amines) is 1. The lowest BCUT2D eigenvalue weighted by atomic mass is 10.0. The van der Waals surface area contributed by atoms with Crippen LogP contribution in [0.3, 0.4) is 0 Å². The van der Waals surface area contributed by atoms with Crippen molar-refractivity contribution in [1.29, 1.82) is 5.26 Å². The van der Waals surface area contributed by atoms with Crippen LogP contribution in [0.4, 0.5) is 19.4 Å². The number of carbonyl (C=O) groups is 1. The highest BCUT2D eigenvalue weighted by Crippen LogP contribution is 2.33. The number of halogens is 2. The summed E-state index contributed by atoms with van der Waals surface area (Å²) in [5.74, 6) is -3.12. The molecule has 1 aromatic heterocycles. The maximum absolute atomic E-state index is 14.2. The van der Waals surface area contributed by atoms with E-state index in [-0.39, 0.29) is 30.1 Å². The van der Waals surface area contributed by atoms with E-state index in [2.05, 4.69) is 9.97 Å². The lowest BCUT2D eigenvalue weighted by Gasteiger charge is -2.36. The lowest BCUT2D eigenvalue weighted by molar-refractivity contribution is -0.133. The van der Waals surface area contributed by atoms with Crippen molar-refractivity contribution in [3.05, 3.63) is 36.2 Å². The lowest BCUT2D eigenvalue weighted by Crippen LogP contribution is -2.55. The van der Waals surface area contributed by atoms with Crippen molar-refractivity contribution >= 4 is 11.9 Å². The Morgan fingerprint density at radius 3 is 2.81 bits per heavy atom. The molecule has 8 nitrogen and oxygen atoms in total. The van der Waals surface area contributed by atoms with E-state index in [1.165, 1.54) is 24.5 Å². The maximum Gasteiger partial charge on any atom is 0.407 e. The molecule has 2 heterocycles. The number of anilines is 1. The van der Waals surface area contributed by atoms with Crippen LogP contribution in [-0.2, 0) is 0 Å². The zero-order chi connectivity index (χ0) is 19.6. The van der Waals surface area contributed by atoms with E-state index in [1.54, 1.807) is 6.07 Å². The van der Waals surface area contributed by atoms with Crippen LogP contribution in [0.2, 0.25) is 0 Å². The second-order valence-electron chi connectivity index (χ2n) is 6.01. The molecule has 0 aliphatic carbocycles. The van der Waals surface area contributed by atoms with Crippen molar-refractivity contribution in [3.8, 4) is 23.1 Å². The molecular formula is C17H15F2N5O3. The number of hydrogen-bond donors (Lipinski definition) is 2. The number of nitrogens with zero attached hydrogens (tertiary/aromatic N) is 4. The molecule has 1 fully saturated rings. The van der Waals surface area contributed by atoms with Gasteiger partial charge >= 0.3 is 12.0 Å². The van der Waals surface area contributed by atoms with Gasteiger partial charge in [-0.15, -0.1) is 0 Å². The van der Waals surface area contributed by atoms with Crippen molar-refractivity contribution in [1.82, 2.24) is 14.9 Å². The second-order valence-corrected chi connectivity index (χ2v) is 6.01. The Kier molecular flexibility index (Phi) is 4.77. The summed E-state index contributed by atoms with van der Waals surface area (Å²) >= 11 is 0. The smallest absolute Gasteiger partial charge is 0.407 e. The van der Waals surface area contributed by atoms with Crippen molar-refractivity contribution in [2.75, 3.05) is 18.8 Å². The fraction of sp³-hybridized carbons (Fsp3) is 0.294. The topological polar surface area (TPSA) is 125 Å². The molecule has 0 bridgehead atoms. The van der Waals surface area contributed by atoms with E-state index in [0.717, 1.165) is 0 Å². The molecule has 0 radical (unpaired) electrons. The summed E-state index contributed by atoms with van der Waals surface area (Å²) in [6.07, 6.45) is -1.84. The molecule has 3 rings (SSSR count). The number of nitriles is 1. The van der Waals surface area contributed by atoms with Gasteiger partial charge in [0, 0.05) is 24.6 Å². The average Bonchev–Trinajstić information content (AvgIpc) is 2.63. The van der Waals surface area contributed by atoms with Gasteiger partial charge in [0.05, 0.1) is 17.8 Å². The van der Waals surface area contributed by atoms with Gasteiger partial charge in [-0.25, -0.2) is 23.5 Å². The highest BCUT2D eigenvalue weighted by Gasteiger charge is 2.48. The first-order valence-electron chi connectivity index (χ1n) is 7.94. The predicted molar refractivity (Wildman–Crippen MR) is 90.2 cm³/mol. The van der Waals surface area contributed by atoms with Crippen molar-refractivity contribution in [2.45, 2.75) is 18.4 Å². The maximum atomic E-state index is 14.2. The van der Waals surface area contributed by atoms with E-state index in [9.17, 15) is 18.8 Å². The molecule has 1 aliphatic rings. The number of nitrogens with two attached hydrogens (primary N) is 1. The minimum atomic E-state index is -3.37. The number of amides is 1. The molecular weight excluding hydrogens is 360 g/mol. The number of nitrogen functional groups attached to an aromatic ring is 1. The number of alkyl halides is 2. The normalized spacial score (nSPS) is 18.6. The summed E-state index contributed by atoms with van der Waals surface area (Å²) in [5.41, 5.74) is 6.70. The molecule has 1 aromatic carbocycles. The Balaban J connectivity index is 1.83. The third kappa shape index (κ3) is 3.87. The van der Waals surface area contributed by atoms with Gasteiger partial charge in [0.2, 0.25) is 0 Å². The summed E-state index contributed by atoms with van der Waals surface area (Å²) in [6.45, 7) is -1.02. The monoisotopic (exact) mass is 375 g/mol. The van der Waals surface area contributed by atoms with Gasteiger partial charge in [-0.3, -0.25) is 0 Å². The predicted octanol–water partition coefficient (Wildman–Crippen LogP) is 2.36. The number of aromatic nitrogens is 2. The molecule has 2 aromatic rings. The zero-order valence-electron chi connectivity index (χ0n) is 14.0.